The SMILES string of the molecule is CCOc1ccc(N(CC(=O)N(Cc2ccccc2Cl)[C@@H](Cc2ccccc2)C(=O)NC2CCCC2)S(=O)(=O)c2ccc(Cl)cc2)cc1. The van der Waals surface area contributed by atoms with E-state index in [1.807, 2.05) is 43.3 Å². The Labute approximate surface area is 292 Å². The van der Waals surface area contributed by atoms with Gasteiger partial charge in [0.25, 0.3) is 10.0 Å². The van der Waals surface area contributed by atoms with Gasteiger partial charge in [-0.15, -0.1) is 0 Å². The van der Waals surface area contributed by atoms with Crippen molar-refractivity contribution in [1.82, 2.24) is 10.2 Å². The predicted molar refractivity (Wildman–Crippen MR) is 190 cm³/mol. The van der Waals surface area contributed by atoms with Crippen LogP contribution in [0.5, 0.6) is 5.75 Å². The number of hydrogen-bond acceptors (Lipinski definition) is 5. The summed E-state index contributed by atoms with van der Waals surface area (Å²) >= 11 is 12.7. The number of nitrogens with zero attached hydrogens (tertiary/aromatic N) is 2. The molecule has 1 atom stereocenters. The van der Waals surface area contributed by atoms with E-state index in [4.69, 9.17) is 27.9 Å². The molecule has 2 amide bonds. The number of benzene rings is 4. The fourth-order valence-corrected chi connectivity index (χ4v) is 7.61. The molecule has 11 heteroatoms. The summed E-state index contributed by atoms with van der Waals surface area (Å²) in [4.78, 5) is 30.2. The molecule has 0 unspecified atom stereocenters. The van der Waals surface area contributed by atoms with Crippen molar-refractivity contribution in [2.24, 2.45) is 0 Å². The normalized spacial score (nSPS) is 13.9. The maximum Gasteiger partial charge on any atom is 0.264 e. The summed E-state index contributed by atoms with van der Waals surface area (Å²) < 4.78 is 35.1. The summed E-state index contributed by atoms with van der Waals surface area (Å²) in [6, 6.07) is 27.9. The zero-order valence-electron chi connectivity index (χ0n) is 26.7. The van der Waals surface area contributed by atoms with E-state index < -0.39 is 28.5 Å². The van der Waals surface area contributed by atoms with Gasteiger partial charge in [0.1, 0.15) is 18.3 Å². The average Bonchev–Trinajstić information content (AvgIpc) is 3.60. The van der Waals surface area contributed by atoms with Crippen molar-refractivity contribution in [3.63, 3.8) is 0 Å². The van der Waals surface area contributed by atoms with Gasteiger partial charge in [0.15, 0.2) is 0 Å². The van der Waals surface area contributed by atoms with Gasteiger partial charge in [-0.3, -0.25) is 13.9 Å². The molecule has 0 saturated heterocycles. The van der Waals surface area contributed by atoms with Crippen LogP contribution in [0, 0.1) is 0 Å². The fraction of sp³-hybridized carbons (Fsp3) is 0.297. The molecule has 0 aliphatic heterocycles. The van der Waals surface area contributed by atoms with Gasteiger partial charge < -0.3 is 15.0 Å². The first kappa shape index (κ1) is 35.3. The number of ether oxygens (including phenoxy) is 1. The quantitative estimate of drug-likeness (QED) is 0.149. The number of carbonyl (C=O) groups is 2. The van der Waals surface area contributed by atoms with Crippen LogP contribution in [0.3, 0.4) is 0 Å². The van der Waals surface area contributed by atoms with E-state index >= 15 is 0 Å². The highest BCUT2D eigenvalue weighted by Crippen LogP contribution is 2.28. The Bertz CT molecular complexity index is 1780. The lowest BCUT2D eigenvalue weighted by molar-refractivity contribution is -0.140. The van der Waals surface area contributed by atoms with Crippen molar-refractivity contribution in [1.29, 1.82) is 0 Å². The molecule has 1 fully saturated rings. The first-order valence-electron chi connectivity index (χ1n) is 16.0. The zero-order valence-corrected chi connectivity index (χ0v) is 29.1. The molecule has 0 bridgehead atoms. The van der Waals surface area contributed by atoms with Crippen molar-refractivity contribution >= 4 is 50.7 Å². The van der Waals surface area contributed by atoms with Crippen molar-refractivity contribution in [3.05, 3.63) is 124 Å². The minimum atomic E-state index is -4.27. The molecule has 1 aliphatic carbocycles. The highest BCUT2D eigenvalue weighted by Gasteiger charge is 2.36. The summed E-state index contributed by atoms with van der Waals surface area (Å²) in [7, 11) is -4.27. The van der Waals surface area contributed by atoms with E-state index in [1.54, 1.807) is 42.5 Å². The topological polar surface area (TPSA) is 96.0 Å². The van der Waals surface area contributed by atoms with Gasteiger partial charge in [-0.2, -0.15) is 0 Å². The highest BCUT2D eigenvalue weighted by molar-refractivity contribution is 7.92. The molecule has 252 valence electrons. The number of anilines is 1. The molecule has 1 saturated carbocycles. The van der Waals surface area contributed by atoms with Crippen molar-refractivity contribution < 1.29 is 22.7 Å². The molecule has 1 N–H and O–H groups in total. The highest BCUT2D eigenvalue weighted by atomic mass is 35.5. The monoisotopic (exact) mass is 707 g/mol. The fourth-order valence-electron chi connectivity index (χ4n) is 5.87. The maximum absolute atomic E-state index is 14.7. The Morgan fingerprint density at radius 2 is 1.52 bits per heavy atom. The lowest BCUT2D eigenvalue weighted by atomic mass is 10.0. The van der Waals surface area contributed by atoms with Gasteiger partial charge in [-0.25, -0.2) is 8.42 Å². The number of carbonyl (C=O) groups excluding carboxylic acids is 2. The van der Waals surface area contributed by atoms with Gasteiger partial charge in [-0.05, 0) is 85.5 Å². The molecule has 5 rings (SSSR count). The number of sulfonamides is 1. The van der Waals surface area contributed by atoms with E-state index in [2.05, 4.69) is 5.32 Å². The molecule has 1 aliphatic rings. The van der Waals surface area contributed by atoms with Crippen LogP contribution < -0.4 is 14.4 Å². The third-order valence-electron chi connectivity index (χ3n) is 8.39. The number of nitrogens with one attached hydrogen (secondary N) is 1. The van der Waals surface area contributed by atoms with Crippen LogP contribution in [0.2, 0.25) is 10.0 Å². The maximum atomic E-state index is 14.7. The van der Waals surface area contributed by atoms with Gasteiger partial charge in [0, 0.05) is 29.1 Å². The Balaban J connectivity index is 1.57. The van der Waals surface area contributed by atoms with Crippen LogP contribution >= 0.6 is 23.2 Å². The first-order chi connectivity index (χ1) is 23.2. The standard InChI is InChI=1S/C37H39Cl2N3O5S/c1-2-47-32-20-18-31(19-21-32)42(48(45,46)33-22-16-29(38)17-23-33)26-36(43)41(25-28-12-6-9-15-34(28)39)35(24-27-10-4-3-5-11-27)37(44)40-30-13-7-8-14-30/h3-6,9-12,15-23,30,35H,2,7-8,13-14,24-26H2,1H3,(H,40,44)/t35-/m0/s1. The van der Waals surface area contributed by atoms with Crippen LogP contribution in [0.1, 0.15) is 43.7 Å². The van der Waals surface area contributed by atoms with Crippen LogP contribution in [0.25, 0.3) is 0 Å². The average molecular weight is 709 g/mol. The third kappa shape index (κ3) is 8.89. The van der Waals surface area contributed by atoms with Gasteiger partial charge in [0.2, 0.25) is 11.8 Å². The minimum Gasteiger partial charge on any atom is -0.494 e. The Morgan fingerprint density at radius 3 is 2.17 bits per heavy atom. The molecule has 48 heavy (non-hydrogen) atoms. The van der Waals surface area contributed by atoms with E-state index in [9.17, 15) is 18.0 Å². The number of hydrogen-bond donors (Lipinski definition) is 1. The van der Waals surface area contributed by atoms with Crippen LogP contribution in [-0.4, -0.2) is 50.4 Å². The molecule has 4 aromatic carbocycles. The molecule has 0 spiro atoms. The summed E-state index contributed by atoms with van der Waals surface area (Å²) in [5.74, 6) is -0.300. The molecule has 0 heterocycles. The van der Waals surface area contributed by atoms with Gasteiger partial charge in [-0.1, -0.05) is 84.6 Å². The Hall–Kier alpha value is -4.05. The molecule has 0 aromatic heterocycles. The summed E-state index contributed by atoms with van der Waals surface area (Å²) in [5, 5.41) is 3.98. The molecular weight excluding hydrogens is 669 g/mol. The summed E-state index contributed by atoms with van der Waals surface area (Å²) in [6.07, 6.45) is 4.01. The van der Waals surface area contributed by atoms with Gasteiger partial charge >= 0.3 is 0 Å². The lowest BCUT2D eigenvalue weighted by Crippen LogP contribution is -2.54. The van der Waals surface area contributed by atoms with Gasteiger partial charge in [0.05, 0.1) is 17.2 Å². The Kier molecular flexibility index (Phi) is 12.0. The molecular formula is C37H39Cl2N3O5S. The van der Waals surface area contributed by atoms with Crippen LogP contribution in [-0.2, 0) is 32.6 Å². The van der Waals surface area contributed by atoms with E-state index in [-0.39, 0.29) is 35.5 Å². The largest absolute Gasteiger partial charge is 0.494 e. The molecule has 4 aromatic rings. The van der Waals surface area contributed by atoms with E-state index in [0.717, 1.165) is 35.6 Å². The summed E-state index contributed by atoms with van der Waals surface area (Å²) in [6.45, 7) is 1.71. The number of halogens is 2. The minimum absolute atomic E-state index is 0.00773. The van der Waals surface area contributed by atoms with Crippen LogP contribution in [0.15, 0.2) is 108 Å². The van der Waals surface area contributed by atoms with Crippen molar-refractivity contribution in [2.75, 3.05) is 17.5 Å². The number of amides is 2. The van der Waals surface area contributed by atoms with Crippen molar-refractivity contribution in [3.8, 4) is 5.75 Å². The van der Waals surface area contributed by atoms with E-state index in [1.165, 1.54) is 29.2 Å². The zero-order chi connectivity index (χ0) is 34.1. The third-order valence-corrected chi connectivity index (χ3v) is 10.8. The first-order valence-corrected chi connectivity index (χ1v) is 18.2. The van der Waals surface area contributed by atoms with Crippen LogP contribution in [0.4, 0.5) is 5.69 Å². The molecule has 8 nitrogen and oxygen atoms in total. The second kappa shape index (κ2) is 16.4. The lowest BCUT2D eigenvalue weighted by Gasteiger charge is -2.34. The second-order valence-corrected chi connectivity index (χ2v) is 14.4. The van der Waals surface area contributed by atoms with Crippen molar-refractivity contribution in [2.45, 2.75) is 62.6 Å². The predicted octanol–water partition coefficient (Wildman–Crippen LogP) is 7.29. The Morgan fingerprint density at radius 1 is 0.875 bits per heavy atom. The smallest absolute Gasteiger partial charge is 0.264 e. The summed E-state index contributed by atoms with van der Waals surface area (Å²) in [5.41, 5.74) is 1.75. The van der Waals surface area contributed by atoms with E-state index in [0.29, 0.717) is 28.0 Å². The second-order valence-electron chi connectivity index (χ2n) is 11.7. The number of rotatable bonds is 14. The molecule has 0 radical (unpaired) electrons.